The van der Waals surface area contributed by atoms with Crippen molar-refractivity contribution in [3.63, 3.8) is 0 Å². The Morgan fingerprint density at radius 1 is 1.04 bits per heavy atom. The van der Waals surface area contributed by atoms with Gasteiger partial charge in [-0.3, -0.25) is 9.78 Å². The average molecular weight is 306 g/mol. The zero-order valence-corrected chi connectivity index (χ0v) is 13.2. The van der Waals surface area contributed by atoms with E-state index >= 15 is 0 Å². The first-order valence-electron chi connectivity index (χ1n) is 7.43. The molecule has 2 aromatic carbocycles. The van der Waals surface area contributed by atoms with Gasteiger partial charge in [0.1, 0.15) is 0 Å². The smallest absolute Gasteiger partial charge is 0.307 e. The van der Waals surface area contributed by atoms with E-state index in [0.29, 0.717) is 0 Å². The van der Waals surface area contributed by atoms with Crippen molar-refractivity contribution in [2.45, 2.75) is 6.42 Å². The minimum Gasteiger partial charge on any atom is -0.481 e. The van der Waals surface area contributed by atoms with Gasteiger partial charge in [0.2, 0.25) is 0 Å². The number of rotatable bonds is 4. The van der Waals surface area contributed by atoms with Gasteiger partial charge in [0.05, 0.1) is 12.1 Å². The Morgan fingerprint density at radius 3 is 2.57 bits per heavy atom. The van der Waals surface area contributed by atoms with Crippen LogP contribution < -0.4 is 4.90 Å². The van der Waals surface area contributed by atoms with Crippen LogP contribution in [0.15, 0.2) is 54.7 Å². The zero-order valence-electron chi connectivity index (χ0n) is 13.2. The summed E-state index contributed by atoms with van der Waals surface area (Å²) in [5, 5.41) is 11.0. The van der Waals surface area contributed by atoms with Crippen LogP contribution >= 0.6 is 0 Å². The summed E-state index contributed by atoms with van der Waals surface area (Å²) >= 11 is 0. The molecule has 1 aromatic heterocycles. The fraction of sp³-hybridized carbons (Fsp3) is 0.158. The molecule has 1 heterocycles. The van der Waals surface area contributed by atoms with Crippen LogP contribution in [0.1, 0.15) is 5.56 Å². The Labute approximate surface area is 135 Å². The summed E-state index contributed by atoms with van der Waals surface area (Å²) in [5.74, 6) is -0.829. The number of hydrogen-bond donors (Lipinski definition) is 1. The molecule has 23 heavy (non-hydrogen) atoms. The molecule has 4 nitrogen and oxygen atoms in total. The molecule has 0 aliphatic rings. The molecular formula is C19H18N2O2. The molecule has 116 valence electrons. The quantitative estimate of drug-likeness (QED) is 0.800. The van der Waals surface area contributed by atoms with Gasteiger partial charge in [-0.2, -0.15) is 0 Å². The number of fused-ring (bicyclic) bond motifs is 1. The SMILES string of the molecule is CN(C)c1ccccc1-c1nccc2c(CC(=O)O)cccc12. The number of carboxylic acids is 1. The summed E-state index contributed by atoms with van der Waals surface area (Å²) in [4.78, 5) is 17.7. The van der Waals surface area contributed by atoms with E-state index in [1.54, 1.807) is 6.20 Å². The van der Waals surface area contributed by atoms with Crippen LogP contribution in [0, 0.1) is 0 Å². The van der Waals surface area contributed by atoms with Gasteiger partial charge in [-0.05, 0) is 23.1 Å². The molecule has 0 aliphatic carbocycles. The van der Waals surface area contributed by atoms with Crippen LogP contribution in [0.2, 0.25) is 0 Å². The summed E-state index contributed by atoms with van der Waals surface area (Å²) in [6.45, 7) is 0. The highest BCUT2D eigenvalue weighted by Crippen LogP contribution is 2.34. The number of benzene rings is 2. The number of carbonyl (C=O) groups is 1. The second-order valence-corrected chi connectivity index (χ2v) is 5.65. The van der Waals surface area contributed by atoms with E-state index in [4.69, 9.17) is 5.11 Å². The molecule has 4 heteroatoms. The molecule has 1 N–H and O–H groups in total. The van der Waals surface area contributed by atoms with Crippen LogP contribution in [-0.2, 0) is 11.2 Å². The van der Waals surface area contributed by atoms with Gasteiger partial charge in [-0.15, -0.1) is 0 Å². The van der Waals surface area contributed by atoms with E-state index < -0.39 is 5.97 Å². The molecular weight excluding hydrogens is 288 g/mol. The molecule has 0 atom stereocenters. The normalized spacial score (nSPS) is 10.7. The summed E-state index contributed by atoms with van der Waals surface area (Å²) in [6.07, 6.45) is 1.76. The summed E-state index contributed by atoms with van der Waals surface area (Å²) in [7, 11) is 4.00. The molecule has 0 saturated heterocycles. The second-order valence-electron chi connectivity index (χ2n) is 5.65. The van der Waals surface area contributed by atoms with E-state index in [-0.39, 0.29) is 6.42 Å². The lowest BCUT2D eigenvalue weighted by molar-refractivity contribution is -0.136. The number of carboxylic acid groups (broad SMARTS) is 1. The van der Waals surface area contributed by atoms with E-state index in [1.165, 1.54) is 0 Å². The molecule has 0 radical (unpaired) electrons. The molecule has 0 spiro atoms. The largest absolute Gasteiger partial charge is 0.481 e. The summed E-state index contributed by atoms with van der Waals surface area (Å²) in [6, 6.07) is 15.7. The maximum Gasteiger partial charge on any atom is 0.307 e. The second kappa shape index (κ2) is 6.08. The first-order chi connectivity index (χ1) is 11.1. The van der Waals surface area contributed by atoms with Crippen molar-refractivity contribution in [3.8, 4) is 11.3 Å². The summed E-state index contributed by atoms with van der Waals surface area (Å²) < 4.78 is 0. The van der Waals surface area contributed by atoms with Crippen LogP contribution in [0.4, 0.5) is 5.69 Å². The predicted molar refractivity (Wildman–Crippen MR) is 92.8 cm³/mol. The third kappa shape index (κ3) is 2.88. The van der Waals surface area contributed by atoms with Gasteiger partial charge in [-0.25, -0.2) is 0 Å². The number of anilines is 1. The maximum absolute atomic E-state index is 11.1. The molecule has 0 bridgehead atoms. The Hall–Kier alpha value is -2.88. The van der Waals surface area contributed by atoms with Crippen molar-refractivity contribution >= 4 is 22.4 Å². The minimum absolute atomic E-state index is 0.0100. The number of aliphatic carboxylic acids is 1. The van der Waals surface area contributed by atoms with Gasteiger partial charge in [-0.1, -0.05) is 36.4 Å². The Morgan fingerprint density at radius 2 is 1.83 bits per heavy atom. The molecule has 3 rings (SSSR count). The third-order valence-corrected chi connectivity index (χ3v) is 3.88. The van der Waals surface area contributed by atoms with Crippen molar-refractivity contribution in [2.24, 2.45) is 0 Å². The van der Waals surface area contributed by atoms with E-state index in [0.717, 1.165) is 33.3 Å². The first-order valence-corrected chi connectivity index (χ1v) is 7.43. The lowest BCUT2D eigenvalue weighted by atomic mass is 9.98. The highest BCUT2D eigenvalue weighted by molar-refractivity contribution is 5.99. The van der Waals surface area contributed by atoms with Gasteiger partial charge in [0.15, 0.2) is 0 Å². The highest BCUT2D eigenvalue weighted by atomic mass is 16.4. The summed E-state index contributed by atoms with van der Waals surface area (Å²) in [5.41, 5.74) is 3.80. The zero-order chi connectivity index (χ0) is 16.4. The number of aromatic nitrogens is 1. The number of hydrogen-bond acceptors (Lipinski definition) is 3. The van der Waals surface area contributed by atoms with E-state index in [1.807, 2.05) is 56.6 Å². The fourth-order valence-corrected chi connectivity index (χ4v) is 2.87. The van der Waals surface area contributed by atoms with Crippen LogP contribution in [0.25, 0.3) is 22.0 Å². The van der Waals surface area contributed by atoms with Crippen molar-refractivity contribution < 1.29 is 9.90 Å². The molecule has 0 saturated carbocycles. The van der Waals surface area contributed by atoms with Crippen LogP contribution in [0.5, 0.6) is 0 Å². The fourth-order valence-electron chi connectivity index (χ4n) is 2.87. The van der Waals surface area contributed by atoms with Gasteiger partial charge in [0.25, 0.3) is 0 Å². The lowest BCUT2D eigenvalue weighted by Gasteiger charge is -2.18. The maximum atomic E-state index is 11.1. The highest BCUT2D eigenvalue weighted by Gasteiger charge is 2.13. The molecule has 0 fully saturated rings. The molecule has 0 amide bonds. The molecule has 0 unspecified atom stereocenters. The third-order valence-electron chi connectivity index (χ3n) is 3.88. The van der Waals surface area contributed by atoms with Gasteiger partial charge >= 0.3 is 5.97 Å². The van der Waals surface area contributed by atoms with Crippen LogP contribution in [-0.4, -0.2) is 30.2 Å². The molecule has 0 aliphatic heterocycles. The Kier molecular flexibility index (Phi) is 3.98. The predicted octanol–water partition coefficient (Wildman–Crippen LogP) is 3.59. The Bertz CT molecular complexity index is 872. The molecule has 3 aromatic rings. The first kappa shape index (κ1) is 15.0. The van der Waals surface area contributed by atoms with E-state index in [9.17, 15) is 4.79 Å². The topological polar surface area (TPSA) is 53.4 Å². The standard InChI is InChI=1S/C19H18N2O2/c1-21(2)17-9-4-3-7-16(17)19-15-8-5-6-13(12-18(22)23)14(15)10-11-20-19/h3-11H,12H2,1-2H3,(H,22,23). The average Bonchev–Trinajstić information content (AvgIpc) is 2.54. The number of nitrogens with zero attached hydrogens (tertiary/aromatic N) is 2. The van der Waals surface area contributed by atoms with Crippen molar-refractivity contribution in [1.29, 1.82) is 0 Å². The number of para-hydroxylation sites is 1. The van der Waals surface area contributed by atoms with Crippen molar-refractivity contribution in [2.75, 3.05) is 19.0 Å². The monoisotopic (exact) mass is 306 g/mol. The lowest BCUT2D eigenvalue weighted by Crippen LogP contribution is -2.10. The Balaban J connectivity index is 2.26. The van der Waals surface area contributed by atoms with Gasteiger partial charge < -0.3 is 10.0 Å². The van der Waals surface area contributed by atoms with E-state index in [2.05, 4.69) is 16.0 Å². The van der Waals surface area contributed by atoms with Crippen molar-refractivity contribution in [1.82, 2.24) is 4.98 Å². The number of pyridine rings is 1. The minimum atomic E-state index is -0.829. The van der Waals surface area contributed by atoms with Gasteiger partial charge in [0, 0.05) is 36.9 Å². The van der Waals surface area contributed by atoms with Crippen LogP contribution in [0.3, 0.4) is 0 Å². The van der Waals surface area contributed by atoms with Crippen molar-refractivity contribution in [3.05, 3.63) is 60.3 Å².